The molecule has 18 heavy (non-hydrogen) atoms. The SMILES string of the molecule is CCN1CCOC(CNCC2(CC)CCCC2)C1. The molecule has 0 radical (unpaired) electrons. The predicted octanol–water partition coefficient (Wildman–Crippen LogP) is 2.27. The van der Waals surface area contributed by atoms with Crippen LogP contribution in [0.5, 0.6) is 0 Å². The highest BCUT2D eigenvalue weighted by Gasteiger charge is 2.31. The minimum absolute atomic E-state index is 0.397. The lowest BCUT2D eigenvalue weighted by Gasteiger charge is -2.34. The molecule has 0 amide bonds. The molecule has 3 heteroatoms. The lowest BCUT2D eigenvalue weighted by atomic mass is 9.83. The zero-order valence-corrected chi connectivity index (χ0v) is 12.2. The maximum absolute atomic E-state index is 5.84. The standard InChI is InChI=1S/C15H30N2O/c1-3-15(7-5-6-8-15)13-16-11-14-12-17(4-2)9-10-18-14/h14,16H,3-13H2,1-2H3. The van der Waals surface area contributed by atoms with E-state index in [2.05, 4.69) is 24.1 Å². The fourth-order valence-corrected chi connectivity index (χ4v) is 3.47. The summed E-state index contributed by atoms with van der Waals surface area (Å²) < 4.78 is 5.84. The lowest BCUT2D eigenvalue weighted by molar-refractivity contribution is -0.0262. The van der Waals surface area contributed by atoms with Crippen LogP contribution in [0.25, 0.3) is 0 Å². The second-order valence-electron chi connectivity index (χ2n) is 6.08. The molecule has 1 saturated heterocycles. The van der Waals surface area contributed by atoms with Gasteiger partial charge in [-0.05, 0) is 31.2 Å². The summed E-state index contributed by atoms with van der Waals surface area (Å²) in [5.41, 5.74) is 0.596. The minimum atomic E-state index is 0.397. The van der Waals surface area contributed by atoms with Crippen molar-refractivity contribution in [2.45, 2.75) is 52.1 Å². The number of ether oxygens (including phenoxy) is 1. The van der Waals surface area contributed by atoms with Crippen molar-refractivity contribution in [3.63, 3.8) is 0 Å². The Balaban J connectivity index is 1.68. The first-order valence-electron chi connectivity index (χ1n) is 7.83. The van der Waals surface area contributed by atoms with E-state index >= 15 is 0 Å². The van der Waals surface area contributed by atoms with Gasteiger partial charge in [0.15, 0.2) is 0 Å². The van der Waals surface area contributed by atoms with Gasteiger partial charge < -0.3 is 10.1 Å². The van der Waals surface area contributed by atoms with Crippen molar-refractivity contribution in [3.05, 3.63) is 0 Å². The van der Waals surface area contributed by atoms with E-state index in [1.165, 1.54) is 38.6 Å². The molecule has 1 aliphatic carbocycles. The van der Waals surface area contributed by atoms with Gasteiger partial charge in [-0.3, -0.25) is 4.90 Å². The molecular formula is C15H30N2O. The summed E-state index contributed by atoms with van der Waals surface area (Å²) >= 11 is 0. The first-order chi connectivity index (χ1) is 8.78. The topological polar surface area (TPSA) is 24.5 Å². The van der Waals surface area contributed by atoms with Gasteiger partial charge in [0.2, 0.25) is 0 Å². The summed E-state index contributed by atoms with van der Waals surface area (Å²) in [7, 11) is 0. The monoisotopic (exact) mass is 254 g/mol. The molecule has 0 aromatic heterocycles. The molecule has 0 aromatic carbocycles. The van der Waals surface area contributed by atoms with Crippen LogP contribution in [0, 0.1) is 5.41 Å². The van der Waals surface area contributed by atoms with Crippen LogP contribution in [0.15, 0.2) is 0 Å². The molecule has 1 heterocycles. The van der Waals surface area contributed by atoms with Crippen molar-refractivity contribution in [1.29, 1.82) is 0 Å². The molecule has 2 aliphatic rings. The number of rotatable bonds is 6. The fraction of sp³-hybridized carbons (Fsp3) is 1.00. The van der Waals surface area contributed by atoms with Crippen molar-refractivity contribution in [1.82, 2.24) is 10.2 Å². The van der Waals surface area contributed by atoms with Gasteiger partial charge in [-0.15, -0.1) is 0 Å². The Morgan fingerprint density at radius 3 is 2.72 bits per heavy atom. The molecule has 0 bridgehead atoms. The van der Waals surface area contributed by atoms with Gasteiger partial charge in [-0.1, -0.05) is 26.7 Å². The normalized spacial score (nSPS) is 28.7. The molecular weight excluding hydrogens is 224 g/mol. The highest BCUT2D eigenvalue weighted by Crippen LogP contribution is 2.40. The number of nitrogens with one attached hydrogen (secondary N) is 1. The molecule has 1 unspecified atom stereocenters. The van der Waals surface area contributed by atoms with E-state index < -0.39 is 0 Å². The Bertz CT molecular complexity index is 239. The molecule has 0 aromatic rings. The molecule has 0 spiro atoms. The highest BCUT2D eigenvalue weighted by atomic mass is 16.5. The maximum atomic E-state index is 5.84. The molecule has 1 N–H and O–H groups in total. The van der Waals surface area contributed by atoms with Crippen LogP contribution in [0.3, 0.4) is 0 Å². The van der Waals surface area contributed by atoms with Crippen molar-refractivity contribution in [3.8, 4) is 0 Å². The van der Waals surface area contributed by atoms with Crippen molar-refractivity contribution in [2.75, 3.05) is 39.3 Å². The second-order valence-corrected chi connectivity index (χ2v) is 6.08. The molecule has 2 rings (SSSR count). The van der Waals surface area contributed by atoms with Gasteiger partial charge in [-0.25, -0.2) is 0 Å². The van der Waals surface area contributed by atoms with Gasteiger partial charge in [0.1, 0.15) is 0 Å². The Hall–Kier alpha value is -0.120. The van der Waals surface area contributed by atoms with Crippen LogP contribution in [-0.2, 0) is 4.74 Å². The average molecular weight is 254 g/mol. The number of morpholine rings is 1. The van der Waals surface area contributed by atoms with Gasteiger partial charge in [0.25, 0.3) is 0 Å². The molecule has 106 valence electrons. The third kappa shape index (κ3) is 3.69. The largest absolute Gasteiger partial charge is 0.374 e. The van der Waals surface area contributed by atoms with Crippen molar-refractivity contribution in [2.24, 2.45) is 5.41 Å². The van der Waals surface area contributed by atoms with Crippen LogP contribution in [0.4, 0.5) is 0 Å². The fourth-order valence-electron chi connectivity index (χ4n) is 3.47. The second kappa shape index (κ2) is 6.88. The molecule has 2 fully saturated rings. The van der Waals surface area contributed by atoms with E-state index in [1.54, 1.807) is 0 Å². The van der Waals surface area contributed by atoms with E-state index in [4.69, 9.17) is 4.74 Å². The zero-order valence-electron chi connectivity index (χ0n) is 12.2. The third-order valence-electron chi connectivity index (χ3n) is 4.96. The number of hydrogen-bond donors (Lipinski definition) is 1. The maximum Gasteiger partial charge on any atom is 0.0826 e. The highest BCUT2D eigenvalue weighted by molar-refractivity contribution is 4.86. The zero-order chi connectivity index (χ0) is 12.8. The first kappa shape index (κ1) is 14.3. The van der Waals surface area contributed by atoms with E-state index in [0.29, 0.717) is 11.5 Å². The summed E-state index contributed by atoms with van der Waals surface area (Å²) in [6.07, 6.45) is 7.42. The summed E-state index contributed by atoms with van der Waals surface area (Å²) in [6, 6.07) is 0. The lowest BCUT2D eigenvalue weighted by Crippen LogP contribution is -2.47. The van der Waals surface area contributed by atoms with Crippen LogP contribution < -0.4 is 5.32 Å². The van der Waals surface area contributed by atoms with Gasteiger partial charge in [0.05, 0.1) is 12.7 Å². The van der Waals surface area contributed by atoms with Crippen LogP contribution in [0.1, 0.15) is 46.0 Å². The van der Waals surface area contributed by atoms with E-state index in [9.17, 15) is 0 Å². The molecule has 3 nitrogen and oxygen atoms in total. The van der Waals surface area contributed by atoms with E-state index in [1.807, 2.05) is 0 Å². The third-order valence-corrected chi connectivity index (χ3v) is 4.96. The van der Waals surface area contributed by atoms with Crippen molar-refractivity contribution >= 4 is 0 Å². The van der Waals surface area contributed by atoms with Gasteiger partial charge in [0, 0.05) is 26.2 Å². The molecule has 1 aliphatic heterocycles. The van der Waals surface area contributed by atoms with Crippen LogP contribution in [0.2, 0.25) is 0 Å². The van der Waals surface area contributed by atoms with Gasteiger partial charge >= 0.3 is 0 Å². The predicted molar refractivity (Wildman–Crippen MR) is 75.9 cm³/mol. The molecule has 1 saturated carbocycles. The Morgan fingerprint density at radius 1 is 1.28 bits per heavy atom. The van der Waals surface area contributed by atoms with Crippen LogP contribution in [-0.4, -0.2) is 50.3 Å². The van der Waals surface area contributed by atoms with Crippen LogP contribution >= 0.6 is 0 Å². The summed E-state index contributed by atoms with van der Waals surface area (Å²) in [5, 5.41) is 3.68. The average Bonchev–Trinajstić information content (AvgIpc) is 2.88. The number of hydrogen-bond acceptors (Lipinski definition) is 3. The summed E-state index contributed by atoms with van der Waals surface area (Å²) in [5.74, 6) is 0. The number of nitrogens with zero attached hydrogens (tertiary/aromatic N) is 1. The van der Waals surface area contributed by atoms with Crippen molar-refractivity contribution < 1.29 is 4.74 Å². The summed E-state index contributed by atoms with van der Waals surface area (Å²) in [4.78, 5) is 2.49. The van der Waals surface area contributed by atoms with E-state index in [0.717, 1.165) is 32.8 Å². The quantitative estimate of drug-likeness (QED) is 0.787. The Labute approximate surface area is 112 Å². The smallest absolute Gasteiger partial charge is 0.0826 e. The van der Waals surface area contributed by atoms with E-state index in [-0.39, 0.29) is 0 Å². The Kier molecular flexibility index (Phi) is 5.46. The summed E-state index contributed by atoms with van der Waals surface area (Å²) in [6.45, 7) is 11.1. The molecule has 1 atom stereocenters. The minimum Gasteiger partial charge on any atom is -0.374 e. The number of likely N-dealkylation sites (N-methyl/N-ethyl adjacent to an activating group) is 1. The first-order valence-corrected chi connectivity index (χ1v) is 7.83. The Morgan fingerprint density at radius 2 is 2.06 bits per heavy atom. The van der Waals surface area contributed by atoms with Gasteiger partial charge in [-0.2, -0.15) is 0 Å².